The van der Waals surface area contributed by atoms with Gasteiger partial charge in [-0.2, -0.15) is 0 Å². The first-order chi connectivity index (χ1) is 12.5. The summed E-state index contributed by atoms with van der Waals surface area (Å²) in [7, 11) is 0. The van der Waals surface area contributed by atoms with Crippen LogP contribution in [-0.4, -0.2) is 49.4 Å². The van der Waals surface area contributed by atoms with Crippen molar-refractivity contribution in [3.8, 4) is 0 Å². The Labute approximate surface area is 156 Å². The molecule has 1 N–H and O–H groups in total. The Kier molecular flexibility index (Phi) is 14.6. The molecule has 0 radical (unpaired) electrons. The molecule has 0 aromatic carbocycles. The lowest BCUT2D eigenvalue weighted by Gasteiger charge is -2.21. The van der Waals surface area contributed by atoms with Crippen molar-refractivity contribution in [1.82, 2.24) is 0 Å². The molecule has 0 saturated heterocycles. The van der Waals surface area contributed by atoms with Crippen molar-refractivity contribution in [2.75, 3.05) is 26.4 Å². The van der Waals surface area contributed by atoms with Gasteiger partial charge >= 0.3 is 17.9 Å². The molecule has 7 nitrogen and oxygen atoms in total. The summed E-state index contributed by atoms with van der Waals surface area (Å²) in [6.07, 6.45) is 4.10. The minimum Gasteiger partial charge on any atom is -0.466 e. The Morgan fingerprint density at radius 3 is 1.92 bits per heavy atom. The van der Waals surface area contributed by atoms with Crippen molar-refractivity contribution in [2.45, 2.75) is 65.7 Å². The molecule has 0 amide bonds. The molecule has 0 saturated carbocycles. The Balaban J connectivity index is 4.76. The average molecular weight is 374 g/mol. The third kappa shape index (κ3) is 11.1. The average Bonchev–Trinajstić information content (AvgIpc) is 2.62. The summed E-state index contributed by atoms with van der Waals surface area (Å²) in [5.74, 6) is -3.39. The Bertz CT molecular complexity index is 409. The van der Waals surface area contributed by atoms with Crippen molar-refractivity contribution in [3.05, 3.63) is 0 Å². The zero-order chi connectivity index (χ0) is 19.8. The van der Waals surface area contributed by atoms with Gasteiger partial charge in [-0.1, -0.05) is 33.6 Å². The molecule has 0 rings (SSSR count). The number of hydrogen-bond acceptors (Lipinski definition) is 7. The van der Waals surface area contributed by atoms with E-state index in [4.69, 9.17) is 19.3 Å². The first-order valence-electron chi connectivity index (χ1n) is 9.57. The molecular weight excluding hydrogens is 340 g/mol. The lowest BCUT2D eigenvalue weighted by Crippen LogP contribution is -2.33. The number of hydrogen-bond donors (Lipinski definition) is 1. The molecule has 0 aromatic rings. The van der Waals surface area contributed by atoms with Crippen LogP contribution in [0, 0.1) is 11.8 Å². The van der Waals surface area contributed by atoms with Crippen LogP contribution in [0.15, 0.2) is 0 Å². The van der Waals surface area contributed by atoms with E-state index in [0.29, 0.717) is 26.1 Å². The minimum atomic E-state index is -0.938. The summed E-state index contributed by atoms with van der Waals surface area (Å²) in [6.45, 7) is 6.27. The molecule has 0 heterocycles. The molecule has 0 bridgehead atoms. The van der Waals surface area contributed by atoms with Crippen molar-refractivity contribution in [3.63, 3.8) is 0 Å². The Morgan fingerprint density at radius 1 is 0.808 bits per heavy atom. The number of carbonyl (C=O) groups is 3. The number of esters is 3. The summed E-state index contributed by atoms with van der Waals surface area (Å²) in [5, 5.41) is 8.76. The zero-order valence-corrected chi connectivity index (χ0v) is 16.3. The van der Waals surface area contributed by atoms with Crippen LogP contribution in [-0.2, 0) is 28.6 Å². The van der Waals surface area contributed by atoms with Gasteiger partial charge in [-0.25, -0.2) is 0 Å². The van der Waals surface area contributed by atoms with Crippen LogP contribution >= 0.6 is 0 Å². The van der Waals surface area contributed by atoms with Crippen LogP contribution in [0.3, 0.4) is 0 Å². The van der Waals surface area contributed by atoms with Crippen molar-refractivity contribution in [1.29, 1.82) is 0 Å². The van der Waals surface area contributed by atoms with Gasteiger partial charge in [0.05, 0.1) is 38.1 Å². The highest BCUT2D eigenvalue weighted by Gasteiger charge is 2.35. The molecular formula is C19H34O7. The van der Waals surface area contributed by atoms with Gasteiger partial charge in [0.15, 0.2) is 0 Å². The highest BCUT2D eigenvalue weighted by atomic mass is 16.5. The number of rotatable bonds is 15. The first-order valence-corrected chi connectivity index (χ1v) is 9.57. The van der Waals surface area contributed by atoms with E-state index in [2.05, 4.69) is 0 Å². The number of ether oxygens (including phenoxy) is 3. The molecule has 0 aliphatic carbocycles. The topological polar surface area (TPSA) is 99.1 Å². The zero-order valence-electron chi connectivity index (χ0n) is 16.3. The van der Waals surface area contributed by atoms with Gasteiger partial charge in [-0.3, -0.25) is 14.4 Å². The second-order valence-corrected chi connectivity index (χ2v) is 6.29. The fraction of sp³-hybridized carbons (Fsp3) is 0.842. The number of aliphatic hydroxyl groups excluding tert-OH is 1. The van der Waals surface area contributed by atoms with E-state index in [-0.39, 0.29) is 19.6 Å². The van der Waals surface area contributed by atoms with Crippen LogP contribution in [0.25, 0.3) is 0 Å². The SMILES string of the molecule is CCCCOC(=O)CC(C(=O)OCCCCO)C(C)C(=O)OCCCC. The largest absolute Gasteiger partial charge is 0.466 e. The summed E-state index contributed by atoms with van der Waals surface area (Å²) in [4.78, 5) is 36.5. The minimum absolute atomic E-state index is 0.0187. The van der Waals surface area contributed by atoms with Crippen LogP contribution in [0.2, 0.25) is 0 Å². The van der Waals surface area contributed by atoms with Crippen LogP contribution < -0.4 is 0 Å². The fourth-order valence-electron chi connectivity index (χ4n) is 2.14. The predicted octanol–water partition coefficient (Wildman–Crippen LogP) is 2.63. The number of carbonyl (C=O) groups excluding carboxylic acids is 3. The molecule has 0 aliphatic rings. The fourth-order valence-corrected chi connectivity index (χ4v) is 2.14. The Morgan fingerprint density at radius 2 is 1.35 bits per heavy atom. The van der Waals surface area contributed by atoms with E-state index in [1.54, 1.807) is 6.92 Å². The second kappa shape index (κ2) is 15.6. The molecule has 0 aliphatic heterocycles. The van der Waals surface area contributed by atoms with E-state index < -0.39 is 29.7 Å². The number of unbranched alkanes of at least 4 members (excludes halogenated alkanes) is 3. The normalized spacial score (nSPS) is 12.9. The summed E-state index contributed by atoms with van der Waals surface area (Å²) < 4.78 is 15.4. The van der Waals surface area contributed by atoms with Crippen molar-refractivity contribution in [2.24, 2.45) is 11.8 Å². The highest BCUT2D eigenvalue weighted by Crippen LogP contribution is 2.21. The van der Waals surface area contributed by atoms with Crippen LogP contribution in [0.1, 0.15) is 65.7 Å². The molecule has 0 spiro atoms. The molecule has 0 aromatic heterocycles. The van der Waals surface area contributed by atoms with Crippen LogP contribution in [0.5, 0.6) is 0 Å². The first kappa shape index (κ1) is 24.4. The maximum atomic E-state index is 12.3. The van der Waals surface area contributed by atoms with Crippen LogP contribution in [0.4, 0.5) is 0 Å². The maximum Gasteiger partial charge on any atom is 0.310 e. The van der Waals surface area contributed by atoms with Gasteiger partial charge < -0.3 is 19.3 Å². The molecule has 2 unspecified atom stereocenters. The van der Waals surface area contributed by atoms with Crippen molar-refractivity contribution >= 4 is 17.9 Å². The van der Waals surface area contributed by atoms with E-state index in [1.807, 2.05) is 13.8 Å². The van der Waals surface area contributed by atoms with E-state index >= 15 is 0 Å². The molecule has 152 valence electrons. The van der Waals surface area contributed by atoms with Gasteiger partial charge in [0, 0.05) is 6.61 Å². The van der Waals surface area contributed by atoms with Crippen molar-refractivity contribution < 1.29 is 33.7 Å². The lowest BCUT2D eigenvalue weighted by molar-refractivity contribution is -0.164. The third-order valence-corrected chi connectivity index (χ3v) is 3.96. The van der Waals surface area contributed by atoms with Gasteiger partial charge in [-0.05, 0) is 25.7 Å². The smallest absolute Gasteiger partial charge is 0.310 e. The standard InChI is InChI=1S/C19H34O7/c1-4-6-11-24-17(21)14-16(19(23)26-13-9-8-10-20)15(3)18(22)25-12-7-5-2/h15-16,20H,4-14H2,1-3H3. The molecule has 0 fully saturated rings. The van der Waals surface area contributed by atoms with E-state index in [0.717, 1.165) is 25.7 Å². The summed E-state index contributed by atoms with van der Waals surface area (Å²) in [5.41, 5.74) is 0. The quantitative estimate of drug-likeness (QED) is 0.267. The van der Waals surface area contributed by atoms with Gasteiger partial charge in [0.2, 0.25) is 0 Å². The van der Waals surface area contributed by atoms with Gasteiger partial charge in [0.1, 0.15) is 0 Å². The van der Waals surface area contributed by atoms with Gasteiger partial charge in [-0.15, -0.1) is 0 Å². The lowest BCUT2D eigenvalue weighted by atomic mass is 9.91. The highest BCUT2D eigenvalue weighted by molar-refractivity contribution is 5.85. The van der Waals surface area contributed by atoms with Gasteiger partial charge in [0.25, 0.3) is 0 Å². The molecule has 26 heavy (non-hydrogen) atoms. The molecule has 2 atom stereocenters. The summed E-state index contributed by atoms with van der Waals surface area (Å²) >= 11 is 0. The predicted molar refractivity (Wildman–Crippen MR) is 96.3 cm³/mol. The molecule has 7 heteroatoms. The van der Waals surface area contributed by atoms with E-state index in [1.165, 1.54) is 0 Å². The monoisotopic (exact) mass is 374 g/mol. The maximum absolute atomic E-state index is 12.3. The second-order valence-electron chi connectivity index (χ2n) is 6.29. The third-order valence-electron chi connectivity index (χ3n) is 3.96. The van der Waals surface area contributed by atoms with E-state index in [9.17, 15) is 14.4 Å². The Hall–Kier alpha value is -1.63. The number of aliphatic hydroxyl groups is 1. The summed E-state index contributed by atoms with van der Waals surface area (Å²) in [6, 6.07) is 0.